The van der Waals surface area contributed by atoms with E-state index in [2.05, 4.69) is 27.7 Å². The number of nitrogens with zero attached hydrogens (tertiary/aromatic N) is 1. The highest BCUT2D eigenvalue weighted by Gasteiger charge is 2.16. The Bertz CT molecular complexity index is 417. The summed E-state index contributed by atoms with van der Waals surface area (Å²) in [5, 5.41) is 0. The van der Waals surface area contributed by atoms with Gasteiger partial charge in [0.1, 0.15) is 5.75 Å². The van der Waals surface area contributed by atoms with Crippen LogP contribution in [0.1, 0.15) is 33.3 Å². The van der Waals surface area contributed by atoms with Crippen molar-refractivity contribution in [1.82, 2.24) is 4.90 Å². The number of hydrogen-bond acceptors (Lipinski definition) is 3. The summed E-state index contributed by atoms with van der Waals surface area (Å²) in [6, 6.07) is 7.54. The molecule has 2 N–H and O–H groups in total. The van der Waals surface area contributed by atoms with Crippen LogP contribution in [0.25, 0.3) is 0 Å². The molecule has 1 aromatic rings. The molecule has 0 heterocycles. The first-order chi connectivity index (χ1) is 9.92. The van der Waals surface area contributed by atoms with E-state index in [1.165, 1.54) is 0 Å². The van der Waals surface area contributed by atoms with Gasteiger partial charge in [0.05, 0.1) is 0 Å². The number of rotatable bonds is 8. The van der Waals surface area contributed by atoms with Gasteiger partial charge in [0, 0.05) is 19.6 Å². The van der Waals surface area contributed by atoms with E-state index in [0.717, 1.165) is 18.7 Å². The number of nitrogens with two attached hydrogens (primary N) is 1. The summed E-state index contributed by atoms with van der Waals surface area (Å²) in [6.07, 6.45) is 0. The van der Waals surface area contributed by atoms with Crippen LogP contribution < -0.4 is 10.5 Å². The minimum absolute atomic E-state index is 0.0419. The van der Waals surface area contributed by atoms with Gasteiger partial charge in [-0.1, -0.05) is 39.8 Å². The molecule has 0 bridgehead atoms. The molecule has 1 rings (SSSR count). The molecule has 4 heteroatoms. The topological polar surface area (TPSA) is 55.6 Å². The SMILES string of the molecule is CC(C)CN(CC(C)C)C(=O)COc1ccc(CN)cc1. The van der Waals surface area contributed by atoms with E-state index in [4.69, 9.17) is 10.5 Å². The first kappa shape index (κ1) is 17.5. The van der Waals surface area contributed by atoms with Gasteiger partial charge in [-0.05, 0) is 29.5 Å². The average molecular weight is 292 g/mol. The van der Waals surface area contributed by atoms with Crippen LogP contribution in [0.4, 0.5) is 0 Å². The predicted molar refractivity (Wildman–Crippen MR) is 86.1 cm³/mol. The van der Waals surface area contributed by atoms with Gasteiger partial charge in [0.2, 0.25) is 0 Å². The van der Waals surface area contributed by atoms with Crippen LogP contribution >= 0.6 is 0 Å². The summed E-state index contributed by atoms with van der Waals surface area (Å²) in [6.45, 7) is 10.6. The Morgan fingerprint density at radius 1 is 1.10 bits per heavy atom. The van der Waals surface area contributed by atoms with Crippen molar-refractivity contribution in [3.05, 3.63) is 29.8 Å². The van der Waals surface area contributed by atoms with Crippen molar-refractivity contribution in [1.29, 1.82) is 0 Å². The van der Waals surface area contributed by atoms with Crippen molar-refractivity contribution in [2.24, 2.45) is 17.6 Å². The Morgan fingerprint density at radius 2 is 1.62 bits per heavy atom. The fourth-order valence-corrected chi connectivity index (χ4v) is 2.12. The first-order valence-corrected chi connectivity index (χ1v) is 7.62. The van der Waals surface area contributed by atoms with Crippen LogP contribution in [0.5, 0.6) is 5.75 Å². The summed E-state index contributed by atoms with van der Waals surface area (Å²) in [4.78, 5) is 14.2. The number of carbonyl (C=O) groups is 1. The number of carbonyl (C=O) groups excluding carboxylic acids is 1. The van der Waals surface area contributed by atoms with Crippen LogP contribution in [0.3, 0.4) is 0 Å². The zero-order valence-corrected chi connectivity index (χ0v) is 13.6. The molecule has 0 aromatic heterocycles. The van der Waals surface area contributed by atoms with E-state index < -0.39 is 0 Å². The summed E-state index contributed by atoms with van der Waals surface area (Å²) in [5.74, 6) is 1.66. The van der Waals surface area contributed by atoms with Crippen molar-refractivity contribution in [3.8, 4) is 5.75 Å². The van der Waals surface area contributed by atoms with E-state index in [9.17, 15) is 4.79 Å². The molecule has 0 saturated carbocycles. The standard InChI is InChI=1S/C17H28N2O2/c1-13(2)10-19(11-14(3)4)17(20)12-21-16-7-5-15(9-18)6-8-16/h5-8,13-14H,9-12,18H2,1-4H3. The average Bonchev–Trinajstić information content (AvgIpc) is 2.43. The molecular weight excluding hydrogens is 264 g/mol. The lowest BCUT2D eigenvalue weighted by Crippen LogP contribution is -2.39. The third kappa shape index (κ3) is 6.63. The second kappa shape index (κ2) is 8.67. The normalized spacial score (nSPS) is 11.0. The minimum atomic E-state index is 0.0419. The molecule has 0 aliphatic heterocycles. The zero-order chi connectivity index (χ0) is 15.8. The van der Waals surface area contributed by atoms with Crippen molar-refractivity contribution in [3.63, 3.8) is 0 Å². The van der Waals surface area contributed by atoms with E-state index >= 15 is 0 Å². The Labute approximate surface area is 128 Å². The third-order valence-corrected chi connectivity index (χ3v) is 3.05. The van der Waals surface area contributed by atoms with Gasteiger partial charge in [-0.3, -0.25) is 4.79 Å². The molecule has 0 radical (unpaired) electrons. The molecule has 21 heavy (non-hydrogen) atoms. The lowest BCUT2D eigenvalue weighted by Gasteiger charge is -2.26. The molecule has 0 aliphatic carbocycles. The molecule has 0 atom stereocenters. The van der Waals surface area contributed by atoms with Gasteiger partial charge in [-0.25, -0.2) is 0 Å². The van der Waals surface area contributed by atoms with Crippen LogP contribution in [0, 0.1) is 11.8 Å². The molecule has 4 nitrogen and oxygen atoms in total. The Balaban J connectivity index is 2.55. The Hall–Kier alpha value is -1.55. The van der Waals surface area contributed by atoms with Crippen molar-refractivity contribution in [2.75, 3.05) is 19.7 Å². The molecule has 1 amide bonds. The highest BCUT2D eigenvalue weighted by atomic mass is 16.5. The molecule has 0 unspecified atom stereocenters. The van der Waals surface area contributed by atoms with Crippen molar-refractivity contribution >= 4 is 5.91 Å². The second-order valence-corrected chi connectivity index (χ2v) is 6.22. The molecule has 1 aromatic carbocycles. The number of amides is 1. The smallest absolute Gasteiger partial charge is 0.260 e. The van der Waals surface area contributed by atoms with Gasteiger partial charge in [-0.15, -0.1) is 0 Å². The van der Waals surface area contributed by atoms with Crippen LogP contribution in [0.15, 0.2) is 24.3 Å². The first-order valence-electron chi connectivity index (χ1n) is 7.62. The van der Waals surface area contributed by atoms with Gasteiger partial charge in [-0.2, -0.15) is 0 Å². The summed E-state index contributed by atoms with van der Waals surface area (Å²) >= 11 is 0. The number of ether oxygens (including phenoxy) is 1. The highest BCUT2D eigenvalue weighted by molar-refractivity contribution is 5.77. The monoisotopic (exact) mass is 292 g/mol. The molecule has 0 fully saturated rings. The largest absolute Gasteiger partial charge is 0.484 e. The Morgan fingerprint density at radius 3 is 2.05 bits per heavy atom. The van der Waals surface area contributed by atoms with Crippen molar-refractivity contribution in [2.45, 2.75) is 34.2 Å². The lowest BCUT2D eigenvalue weighted by atomic mass is 10.1. The van der Waals surface area contributed by atoms with E-state index in [1.54, 1.807) is 0 Å². The lowest BCUT2D eigenvalue weighted by molar-refractivity contribution is -0.134. The summed E-state index contributed by atoms with van der Waals surface area (Å²) in [7, 11) is 0. The molecule has 0 spiro atoms. The third-order valence-electron chi connectivity index (χ3n) is 3.05. The molecule has 118 valence electrons. The van der Waals surface area contributed by atoms with Crippen LogP contribution in [-0.2, 0) is 11.3 Å². The summed E-state index contributed by atoms with van der Waals surface area (Å²) < 4.78 is 5.58. The molecular formula is C17H28N2O2. The maximum absolute atomic E-state index is 12.3. The molecule has 0 saturated heterocycles. The summed E-state index contributed by atoms with van der Waals surface area (Å²) in [5.41, 5.74) is 6.60. The zero-order valence-electron chi connectivity index (χ0n) is 13.6. The number of benzene rings is 1. The maximum Gasteiger partial charge on any atom is 0.260 e. The number of hydrogen-bond donors (Lipinski definition) is 1. The molecule has 0 aliphatic rings. The quantitative estimate of drug-likeness (QED) is 0.801. The van der Waals surface area contributed by atoms with Crippen LogP contribution in [0.2, 0.25) is 0 Å². The Kier molecular flexibility index (Phi) is 7.23. The van der Waals surface area contributed by atoms with E-state index in [-0.39, 0.29) is 12.5 Å². The maximum atomic E-state index is 12.3. The highest BCUT2D eigenvalue weighted by Crippen LogP contribution is 2.12. The van der Waals surface area contributed by atoms with Gasteiger partial charge < -0.3 is 15.4 Å². The fraction of sp³-hybridized carbons (Fsp3) is 0.588. The van der Waals surface area contributed by atoms with Crippen LogP contribution in [-0.4, -0.2) is 30.5 Å². The van der Waals surface area contributed by atoms with Gasteiger partial charge >= 0.3 is 0 Å². The second-order valence-electron chi connectivity index (χ2n) is 6.22. The fourth-order valence-electron chi connectivity index (χ4n) is 2.12. The van der Waals surface area contributed by atoms with E-state index in [1.807, 2.05) is 29.2 Å². The van der Waals surface area contributed by atoms with Gasteiger partial charge in [0.15, 0.2) is 6.61 Å². The van der Waals surface area contributed by atoms with Crippen molar-refractivity contribution < 1.29 is 9.53 Å². The van der Waals surface area contributed by atoms with E-state index in [0.29, 0.717) is 24.1 Å². The van der Waals surface area contributed by atoms with Gasteiger partial charge in [0.25, 0.3) is 5.91 Å². The minimum Gasteiger partial charge on any atom is -0.484 e. The predicted octanol–water partition coefficient (Wildman–Crippen LogP) is 2.66.